The zero-order chi connectivity index (χ0) is 14.6. The zero-order valence-electron chi connectivity index (χ0n) is 11.4. The fraction of sp³-hybridized carbons (Fsp3) is 0.667. The average Bonchev–Trinajstić information content (AvgIpc) is 2.77. The summed E-state index contributed by atoms with van der Waals surface area (Å²) in [6, 6.07) is -0.316. The van der Waals surface area contributed by atoms with Crippen molar-refractivity contribution in [1.29, 1.82) is 0 Å². The number of H-pyrrole nitrogens is 1. The van der Waals surface area contributed by atoms with Crippen molar-refractivity contribution in [2.24, 2.45) is 5.73 Å². The fourth-order valence-electron chi connectivity index (χ4n) is 1.90. The maximum Gasteiger partial charge on any atom is 0.330 e. The molecule has 1 aliphatic heterocycles. The van der Waals surface area contributed by atoms with Crippen LogP contribution in [0.5, 0.6) is 0 Å². The van der Waals surface area contributed by atoms with Gasteiger partial charge in [0.05, 0.1) is 12.7 Å². The van der Waals surface area contributed by atoms with Crippen LogP contribution in [0.15, 0.2) is 15.8 Å². The minimum absolute atomic E-state index is 0.186. The standard InChI is InChI=1S/C10H15N3O4.C2H6/c1-5-3-13(10(16)12-9(5)15)8-2-6(11)7(4-14)17-8;1-2/h3,6-8,14H,2,4,11H2,1H3,(H,12,15,16);1-2H3/t6-,7?,8?;/m1./s1. The molecule has 3 atom stereocenters. The van der Waals surface area contributed by atoms with Crippen molar-refractivity contribution in [1.82, 2.24) is 9.55 Å². The number of hydrogen-bond acceptors (Lipinski definition) is 5. The number of aliphatic hydroxyl groups excluding tert-OH is 1. The van der Waals surface area contributed by atoms with Gasteiger partial charge in [0.15, 0.2) is 0 Å². The van der Waals surface area contributed by atoms with E-state index in [4.69, 9.17) is 15.6 Å². The predicted octanol–water partition coefficient (Wildman–Crippen LogP) is -0.522. The first-order valence-electron chi connectivity index (χ1n) is 6.37. The Balaban J connectivity index is 0.000000861. The van der Waals surface area contributed by atoms with E-state index in [9.17, 15) is 9.59 Å². The molecular weight excluding hydrogens is 250 g/mol. The van der Waals surface area contributed by atoms with Gasteiger partial charge in [-0.2, -0.15) is 0 Å². The molecule has 7 nitrogen and oxygen atoms in total. The molecule has 4 N–H and O–H groups in total. The SMILES string of the molecule is CC.Cc1cn(C2C[C@@H](N)C(CO)O2)c(=O)[nH]c1=O. The summed E-state index contributed by atoms with van der Waals surface area (Å²) in [5.74, 6) is 0. The number of rotatable bonds is 2. The molecule has 1 aliphatic rings. The van der Waals surface area contributed by atoms with Gasteiger partial charge in [-0.25, -0.2) is 4.79 Å². The molecule has 0 saturated carbocycles. The average molecular weight is 271 g/mol. The summed E-state index contributed by atoms with van der Waals surface area (Å²) < 4.78 is 6.75. The summed E-state index contributed by atoms with van der Waals surface area (Å²) >= 11 is 0. The van der Waals surface area contributed by atoms with Crippen molar-refractivity contribution in [3.8, 4) is 0 Å². The highest BCUT2D eigenvalue weighted by molar-refractivity contribution is 5.02. The van der Waals surface area contributed by atoms with Crippen molar-refractivity contribution >= 4 is 0 Å². The van der Waals surface area contributed by atoms with E-state index in [0.717, 1.165) is 0 Å². The maximum atomic E-state index is 11.6. The minimum Gasteiger partial charge on any atom is -0.394 e. The van der Waals surface area contributed by atoms with E-state index < -0.39 is 23.6 Å². The number of aliphatic hydroxyl groups is 1. The summed E-state index contributed by atoms with van der Waals surface area (Å²) in [4.78, 5) is 25.0. The number of hydrogen-bond donors (Lipinski definition) is 3. The van der Waals surface area contributed by atoms with Crippen LogP contribution < -0.4 is 17.0 Å². The molecule has 7 heteroatoms. The number of aromatic nitrogens is 2. The third kappa shape index (κ3) is 3.31. The molecule has 19 heavy (non-hydrogen) atoms. The van der Waals surface area contributed by atoms with E-state index >= 15 is 0 Å². The van der Waals surface area contributed by atoms with Crippen LogP contribution in [-0.2, 0) is 4.74 Å². The van der Waals surface area contributed by atoms with Gasteiger partial charge in [0, 0.05) is 24.2 Å². The third-order valence-corrected chi connectivity index (χ3v) is 2.92. The number of ether oxygens (including phenoxy) is 1. The first-order chi connectivity index (χ1) is 9.02. The molecule has 2 rings (SSSR count). The Labute approximate surface area is 111 Å². The summed E-state index contributed by atoms with van der Waals surface area (Å²) in [6.07, 6.45) is 0.860. The first kappa shape index (κ1) is 15.6. The van der Waals surface area contributed by atoms with Gasteiger partial charge in [-0.15, -0.1) is 0 Å². The second-order valence-corrected chi connectivity index (χ2v) is 4.19. The normalized spacial score (nSPS) is 25.8. The number of nitrogens with zero attached hydrogens (tertiary/aromatic N) is 1. The lowest BCUT2D eigenvalue weighted by atomic mass is 10.1. The Hall–Kier alpha value is -1.44. The fourth-order valence-corrected chi connectivity index (χ4v) is 1.90. The monoisotopic (exact) mass is 271 g/mol. The summed E-state index contributed by atoms with van der Waals surface area (Å²) in [6.45, 7) is 5.42. The van der Waals surface area contributed by atoms with Gasteiger partial charge in [-0.3, -0.25) is 14.3 Å². The van der Waals surface area contributed by atoms with Gasteiger partial charge in [0.2, 0.25) is 0 Å². The number of aromatic amines is 1. The van der Waals surface area contributed by atoms with Gasteiger partial charge < -0.3 is 15.6 Å². The maximum absolute atomic E-state index is 11.6. The molecule has 1 saturated heterocycles. The van der Waals surface area contributed by atoms with Gasteiger partial charge in [0.25, 0.3) is 5.56 Å². The lowest BCUT2D eigenvalue weighted by Crippen LogP contribution is -2.33. The van der Waals surface area contributed by atoms with Crippen LogP contribution >= 0.6 is 0 Å². The highest BCUT2D eigenvalue weighted by Crippen LogP contribution is 2.25. The zero-order valence-corrected chi connectivity index (χ0v) is 11.4. The van der Waals surface area contributed by atoms with Crippen molar-refractivity contribution in [3.63, 3.8) is 0 Å². The van der Waals surface area contributed by atoms with E-state index in [2.05, 4.69) is 4.98 Å². The summed E-state index contributed by atoms with van der Waals surface area (Å²) in [5, 5.41) is 9.02. The number of nitrogens with one attached hydrogen (secondary N) is 1. The Morgan fingerprint density at radius 2 is 2.16 bits per heavy atom. The van der Waals surface area contributed by atoms with Crippen molar-refractivity contribution < 1.29 is 9.84 Å². The molecular formula is C12H21N3O4. The lowest BCUT2D eigenvalue weighted by molar-refractivity contribution is -0.0271. The second-order valence-electron chi connectivity index (χ2n) is 4.19. The molecule has 0 amide bonds. The lowest BCUT2D eigenvalue weighted by Gasteiger charge is -2.14. The van der Waals surface area contributed by atoms with Crippen molar-refractivity contribution in [2.45, 2.75) is 45.6 Å². The third-order valence-electron chi connectivity index (χ3n) is 2.92. The first-order valence-corrected chi connectivity index (χ1v) is 6.37. The van der Waals surface area contributed by atoms with Gasteiger partial charge >= 0.3 is 5.69 Å². The minimum atomic E-state index is -0.537. The van der Waals surface area contributed by atoms with Crippen molar-refractivity contribution in [2.75, 3.05) is 6.61 Å². The van der Waals surface area contributed by atoms with E-state index in [0.29, 0.717) is 12.0 Å². The highest BCUT2D eigenvalue weighted by atomic mass is 16.5. The van der Waals surface area contributed by atoms with E-state index in [1.165, 1.54) is 10.8 Å². The quantitative estimate of drug-likeness (QED) is 0.670. The van der Waals surface area contributed by atoms with Crippen molar-refractivity contribution in [3.05, 3.63) is 32.6 Å². The number of aryl methyl sites for hydroxylation is 1. The number of nitrogens with two attached hydrogens (primary N) is 1. The van der Waals surface area contributed by atoms with Crippen LogP contribution in [0.2, 0.25) is 0 Å². The van der Waals surface area contributed by atoms with E-state index in [-0.39, 0.29) is 12.6 Å². The van der Waals surface area contributed by atoms with Crippen LogP contribution in [-0.4, -0.2) is 33.4 Å². The topological polar surface area (TPSA) is 110 Å². The van der Waals surface area contributed by atoms with Gasteiger partial charge in [-0.1, -0.05) is 13.8 Å². The van der Waals surface area contributed by atoms with Gasteiger partial charge in [0.1, 0.15) is 6.23 Å². The Kier molecular flexibility index (Phi) is 5.46. The smallest absolute Gasteiger partial charge is 0.330 e. The predicted molar refractivity (Wildman–Crippen MR) is 71.0 cm³/mol. The Bertz CT molecular complexity index is 522. The molecule has 2 unspecified atom stereocenters. The Morgan fingerprint density at radius 1 is 1.53 bits per heavy atom. The van der Waals surface area contributed by atoms with E-state index in [1.807, 2.05) is 13.8 Å². The largest absolute Gasteiger partial charge is 0.394 e. The molecule has 1 aromatic heterocycles. The van der Waals surface area contributed by atoms with Crippen LogP contribution in [0, 0.1) is 6.92 Å². The molecule has 2 heterocycles. The molecule has 1 aromatic rings. The summed E-state index contributed by atoms with van der Waals surface area (Å²) in [7, 11) is 0. The molecule has 0 bridgehead atoms. The van der Waals surface area contributed by atoms with Crippen LogP contribution in [0.4, 0.5) is 0 Å². The Morgan fingerprint density at radius 3 is 2.68 bits per heavy atom. The van der Waals surface area contributed by atoms with Crippen LogP contribution in [0.25, 0.3) is 0 Å². The molecule has 0 aliphatic carbocycles. The summed E-state index contributed by atoms with van der Waals surface area (Å²) in [5.41, 5.74) is 5.25. The molecule has 0 spiro atoms. The molecule has 108 valence electrons. The van der Waals surface area contributed by atoms with Crippen LogP contribution in [0.1, 0.15) is 32.1 Å². The highest BCUT2D eigenvalue weighted by Gasteiger charge is 2.33. The van der Waals surface area contributed by atoms with Crippen LogP contribution in [0.3, 0.4) is 0 Å². The van der Waals surface area contributed by atoms with E-state index in [1.54, 1.807) is 6.92 Å². The molecule has 0 radical (unpaired) electrons. The molecule has 1 fully saturated rings. The van der Waals surface area contributed by atoms with Gasteiger partial charge in [-0.05, 0) is 6.92 Å². The molecule has 0 aromatic carbocycles. The second kappa shape index (κ2) is 6.65.